The molecule has 2 aromatic carbocycles. The van der Waals surface area contributed by atoms with Crippen LogP contribution in [0.15, 0.2) is 72.3 Å². The van der Waals surface area contributed by atoms with Crippen LogP contribution in [0.25, 0.3) is 0 Å². The second-order valence-electron chi connectivity index (χ2n) is 7.63. The summed E-state index contributed by atoms with van der Waals surface area (Å²) in [4.78, 5) is 55.3. The molecule has 4 aliphatic rings. The number of benzene rings is 2. The van der Waals surface area contributed by atoms with E-state index in [2.05, 4.69) is 0 Å². The second-order valence-corrected chi connectivity index (χ2v) is 7.63. The third-order valence-corrected chi connectivity index (χ3v) is 6.18. The standard InChI is InChI=1S/C23H18N2O4/c1-24-16-12-15(20(26)13-8-4-2-5-9-13)17(21(24)27)19-18(16)22(28)25(23(19)29)14-10-6-3-7-11-14/h2-12,16-19H,1H3/t16-,17+,18+,19-/m0/s1. The molecule has 0 N–H and O–H groups in total. The first-order valence-corrected chi connectivity index (χ1v) is 9.51. The fourth-order valence-electron chi connectivity index (χ4n) is 4.82. The predicted octanol–water partition coefficient (Wildman–Crippen LogP) is 2.07. The number of hydrogen-bond donors (Lipinski definition) is 0. The van der Waals surface area contributed by atoms with E-state index in [1.807, 2.05) is 6.07 Å². The third kappa shape index (κ3) is 2.35. The van der Waals surface area contributed by atoms with Crippen molar-refractivity contribution < 1.29 is 19.2 Å². The first kappa shape index (κ1) is 17.6. The van der Waals surface area contributed by atoms with Crippen LogP contribution >= 0.6 is 0 Å². The van der Waals surface area contributed by atoms with Gasteiger partial charge in [-0.3, -0.25) is 19.2 Å². The van der Waals surface area contributed by atoms with Gasteiger partial charge in [0.25, 0.3) is 0 Å². The number of amides is 3. The molecule has 0 spiro atoms. The first-order chi connectivity index (χ1) is 14.0. The summed E-state index contributed by atoms with van der Waals surface area (Å²) in [5.74, 6) is -3.72. The van der Waals surface area contributed by atoms with E-state index >= 15 is 0 Å². The van der Waals surface area contributed by atoms with E-state index in [9.17, 15) is 19.2 Å². The minimum atomic E-state index is -0.937. The molecular weight excluding hydrogens is 368 g/mol. The van der Waals surface area contributed by atoms with Crippen molar-refractivity contribution >= 4 is 29.2 Å². The average molecular weight is 386 g/mol. The molecule has 3 heterocycles. The van der Waals surface area contributed by atoms with Gasteiger partial charge in [-0.05, 0) is 12.1 Å². The lowest BCUT2D eigenvalue weighted by molar-refractivity contribution is -0.149. The number of piperidine rings is 1. The summed E-state index contributed by atoms with van der Waals surface area (Å²) in [6.07, 6.45) is 1.71. The Balaban J connectivity index is 1.60. The predicted molar refractivity (Wildman–Crippen MR) is 105 cm³/mol. The number of hydrogen-bond acceptors (Lipinski definition) is 4. The molecule has 6 heteroatoms. The molecule has 0 aromatic heterocycles. The Morgan fingerprint density at radius 3 is 2.03 bits per heavy atom. The van der Waals surface area contributed by atoms with Gasteiger partial charge in [-0.15, -0.1) is 0 Å². The summed E-state index contributed by atoms with van der Waals surface area (Å²) >= 11 is 0. The molecule has 4 atom stereocenters. The van der Waals surface area contributed by atoms with Crippen LogP contribution in [0, 0.1) is 17.8 Å². The van der Waals surface area contributed by atoms with Gasteiger partial charge in [0.15, 0.2) is 5.78 Å². The zero-order valence-corrected chi connectivity index (χ0v) is 15.7. The van der Waals surface area contributed by atoms with Crippen molar-refractivity contribution in [1.82, 2.24) is 4.90 Å². The van der Waals surface area contributed by atoms with Crippen molar-refractivity contribution in [3.63, 3.8) is 0 Å². The number of ketones is 1. The Kier molecular flexibility index (Phi) is 3.77. The summed E-state index contributed by atoms with van der Waals surface area (Å²) in [7, 11) is 1.62. The lowest BCUT2D eigenvalue weighted by atomic mass is 9.65. The van der Waals surface area contributed by atoms with Crippen molar-refractivity contribution in [1.29, 1.82) is 0 Å². The normalized spacial score (nSPS) is 27.9. The molecule has 29 heavy (non-hydrogen) atoms. The zero-order chi connectivity index (χ0) is 20.3. The number of carbonyl (C=O) groups is 4. The molecule has 3 amide bonds. The number of Topliss-reactive ketones (excluding diaryl/α,β-unsaturated/α-hetero) is 1. The van der Waals surface area contributed by atoms with Crippen molar-refractivity contribution in [2.45, 2.75) is 6.04 Å². The van der Waals surface area contributed by atoms with Crippen molar-refractivity contribution in [2.24, 2.45) is 17.8 Å². The van der Waals surface area contributed by atoms with Gasteiger partial charge in [0.2, 0.25) is 17.7 Å². The summed E-state index contributed by atoms with van der Waals surface area (Å²) < 4.78 is 0. The van der Waals surface area contributed by atoms with E-state index in [4.69, 9.17) is 0 Å². The Hall–Kier alpha value is -3.54. The van der Waals surface area contributed by atoms with Gasteiger partial charge in [-0.1, -0.05) is 54.6 Å². The highest BCUT2D eigenvalue weighted by molar-refractivity contribution is 6.25. The number of para-hydroxylation sites is 1. The molecule has 6 nitrogen and oxygen atoms in total. The lowest BCUT2D eigenvalue weighted by Gasteiger charge is -2.46. The third-order valence-electron chi connectivity index (χ3n) is 6.18. The van der Waals surface area contributed by atoms with Gasteiger partial charge in [-0.25, -0.2) is 4.90 Å². The van der Waals surface area contributed by atoms with Gasteiger partial charge >= 0.3 is 0 Å². The monoisotopic (exact) mass is 386 g/mol. The van der Waals surface area contributed by atoms with Crippen LogP contribution in [0.1, 0.15) is 10.4 Å². The number of rotatable bonds is 3. The van der Waals surface area contributed by atoms with Gasteiger partial charge in [0.05, 0.1) is 29.5 Å². The van der Waals surface area contributed by atoms with Crippen LogP contribution < -0.4 is 4.90 Å². The number of fused-ring (bicyclic) bond motifs is 1. The van der Waals surface area contributed by atoms with Gasteiger partial charge in [-0.2, -0.15) is 0 Å². The molecule has 6 rings (SSSR count). The molecular formula is C23H18N2O4. The molecule has 0 unspecified atom stereocenters. The van der Waals surface area contributed by atoms with Crippen molar-refractivity contribution in [2.75, 3.05) is 11.9 Å². The van der Waals surface area contributed by atoms with E-state index in [0.717, 1.165) is 0 Å². The maximum Gasteiger partial charge on any atom is 0.240 e. The Morgan fingerprint density at radius 1 is 0.793 bits per heavy atom. The highest BCUT2D eigenvalue weighted by Crippen LogP contribution is 2.49. The fraction of sp³-hybridized carbons (Fsp3) is 0.217. The summed E-state index contributed by atoms with van der Waals surface area (Å²) in [6, 6.07) is 16.8. The van der Waals surface area contributed by atoms with E-state index in [-0.39, 0.29) is 17.6 Å². The van der Waals surface area contributed by atoms with Crippen molar-refractivity contribution in [3.8, 4) is 0 Å². The highest BCUT2D eigenvalue weighted by Gasteiger charge is 2.64. The number of anilines is 1. The average Bonchev–Trinajstić information content (AvgIpc) is 3.03. The van der Waals surface area contributed by atoms with Crippen LogP contribution in [-0.4, -0.2) is 41.5 Å². The second kappa shape index (κ2) is 6.24. The number of likely N-dealkylation sites (N-methyl/N-ethyl adjacent to an activating group) is 1. The van der Waals surface area contributed by atoms with Crippen molar-refractivity contribution in [3.05, 3.63) is 77.9 Å². The molecule has 2 saturated heterocycles. The van der Waals surface area contributed by atoms with Crippen LogP contribution in [-0.2, 0) is 14.4 Å². The minimum Gasteiger partial charge on any atom is -0.338 e. The van der Waals surface area contributed by atoms with E-state index in [1.165, 1.54) is 9.80 Å². The molecule has 1 aliphatic carbocycles. The number of carbonyl (C=O) groups excluding carboxylic acids is 4. The maximum atomic E-state index is 13.3. The highest BCUT2D eigenvalue weighted by atomic mass is 16.2. The Bertz CT molecular complexity index is 1080. The van der Waals surface area contributed by atoms with Crippen LogP contribution in [0.4, 0.5) is 5.69 Å². The molecule has 0 radical (unpaired) electrons. The first-order valence-electron chi connectivity index (χ1n) is 9.51. The van der Waals surface area contributed by atoms with Crippen LogP contribution in [0.2, 0.25) is 0 Å². The minimum absolute atomic E-state index is 0.265. The molecule has 0 saturated carbocycles. The molecule has 3 aliphatic heterocycles. The maximum absolute atomic E-state index is 13.3. The molecule has 2 aromatic rings. The van der Waals surface area contributed by atoms with Gasteiger partial charge in [0, 0.05) is 18.2 Å². The Labute approximate surface area is 167 Å². The van der Waals surface area contributed by atoms with Gasteiger partial charge in [0.1, 0.15) is 0 Å². The lowest BCUT2D eigenvalue weighted by Crippen LogP contribution is -2.60. The molecule has 2 fully saturated rings. The topological polar surface area (TPSA) is 74.8 Å². The fourth-order valence-corrected chi connectivity index (χ4v) is 4.82. The molecule has 144 valence electrons. The van der Waals surface area contributed by atoms with Crippen LogP contribution in [0.3, 0.4) is 0 Å². The smallest absolute Gasteiger partial charge is 0.240 e. The van der Waals surface area contributed by atoms with Gasteiger partial charge < -0.3 is 4.90 Å². The zero-order valence-electron chi connectivity index (χ0n) is 15.7. The SMILES string of the molecule is CN1C(=O)[C@@H]2C(C(=O)c3ccccc3)=C[C@H]1[C@H]1C(=O)N(c3ccccc3)C(=O)[C@@H]21. The Morgan fingerprint density at radius 2 is 1.38 bits per heavy atom. The summed E-state index contributed by atoms with van der Waals surface area (Å²) in [5, 5.41) is 0. The summed E-state index contributed by atoms with van der Waals surface area (Å²) in [6.45, 7) is 0. The number of nitrogens with zero attached hydrogens (tertiary/aromatic N) is 2. The summed E-state index contributed by atoms with van der Waals surface area (Å²) in [5.41, 5.74) is 1.28. The largest absolute Gasteiger partial charge is 0.338 e. The van der Waals surface area contributed by atoms with E-state index < -0.39 is 29.7 Å². The number of imide groups is 1. The van der Waals surface area contributed by atoms with E-state index in [1.54, 1.807) is 67.7 Å². The molecule has 2 bridgehead atoms. The quantitative estimate of drug-likeness (QED) is 0.598. The van der Waals surface area contributed by atoms with Crippen LogP contribution in [0.5, 0.6) is 0 Å². The van der Waals surface area contributed by atoms with E-state index in [0.29, 0.717) is 16.8 Å².